The van der Waals surface area contributed by atoms with Crippen molar-refractivity contribution in [3.8, 4) is 5.75 Å². The molecule has 0 unspecified atom stereocenters. The second-order valence-corrected chi connectivity index (χ2v) is 9.09. The van der Waals surface area contributed by atoms with Crippen molar-refractivity contribution in [2.24, 2.45) is 4.99 Å². The molecule has 0 N–H and O–H groups in total. The highest BCUT2D eigenvalue weighted by Gasteiger charge is 2.33. The zero-order valence-corrected chi connectivity index (χ0v) is 20.7. The van der Waals surface area contributed by atoms with E-state index in [-0.39, 0.29) is 12.2 Å². The minimum Gasteiger partial charge on any atom is -0.492 e. The Morgan fingerprint density at radius 2 is 1.91 bits per heavy atom. The zero-order chi connectivity index (χ0) is 23.4. The molecule has 0 amide bonds. The molecule has 1 atom stereocenters. The largest absolute Gasteiger partial charge is 0.492 e. The van der Waals surface area contributed by atoms with E-state index in [2.05, 4.69) is 20.9 Å². The van der Waals surface area contributed by atoms with Crippen molar-refractivity contribution in [1.29, 1.82) is 0 Å². The average Bonchev–Trinajstić information content (AvgIpc) is 3.12. The Morgan fingerprint density at radius 1 is 1.18 bits per heavy atom. The maximum Gasteiger partial charge on any atom is 0.338 e. The van der Waals surface area contributed by atoms with Crippen molar-refractivity contribution in [3.63, 3.8) is 0 Å². The summed E-state index contributed by atoms with van der Waals surface area (Å²) in [7, 11) is 0. The molecule has 0 fully saturated rings. The van der Waals surface area contributed by atoms with E-state index in [0.29, 0.717) is 38.3 Å². The molecule has 0 aliphatic carbocycles. The number of carbonyl (C=O) groups excluding carboxylic acids is 1. The lowest BCUT2D eigenvalue weighted by Gasteiger charge is -2.24. The number of hydrogen-bond donors (Lipinski definition) is 0. The van der Waals surface area contributed by atoms with Gasteiger partial charge in [-0.05, 0) is 31.6 Å². The first kappa shape index (κ1) is 23.2. The smallest absolute Gasteiger partial charge is 0.338 e. The monoisotopic (exact) mass is 526 g/mol. The third kappa shape index (κ3) is 4.72. The van der Waals surface area contributed by atoms with Crippen LogP contribution in [0, 0.1) is 0 Å². The molecule has 0 saturated carbocycles. The Bertz CT molecular complexity index is 1380. The van der Waals surface area contributed by atoms with Gasteiger partial charge in [-0.25, -0.2) is 9.79 Å². The maximum atomic E-state index is 13.6. The zero-order valence-electron chi connectivity index (χ0n) is 18.3. The molecule has 33 heavy (non-hydrogen) atoms. The number of para-hydroxylation sites is 1. The number of nitrogens with zero attached hydrogens (tertiary/aromatic N) is 2. The highest BCUT2D eigenvalue weighted by Crippen LogP contribution is 2.30. The lowest BCUT2D eigenvalue weighted by molar-refractivity contribution is -0.139. The molecule has 0 bridgehead atoms. The van der Waals surface area contributed by atoms with Gasteiger partial charge < -0.3 is 9.47 Å². The van der Waals surface area contributed by atoms with Gasteiger partial charge in [-0.2, -0.15) is 0 Å². The van der Waals surface area contributed by atoms with Crippen molar-refractivity contribution in [1.82, 2.24) is 4.57 Å². The van der Waals surface area contributed by atoms with Crippen LogP contribution in [0.4, 0.5) is 0 Å². The van der Waals surface area contributed by atoms with E-state index < -0.39 is 12.0 Å². The summed E-state index contributed by atoms with van der Waals surface area (Å²) in [6.07, 6.45) is 1.82. The lowest BCUT2D eigenvalue weighted by Crippen LogP contribution is -2.39. The predicted octanol–water partition coefficient (Wildman–Crippen LogP) is 3.57. The molecule has 2 heterocycles. The summed E-state index contributed by atoms with van der Waals surface area (Å²) >= 11 is 4.67. The minimum atomic E-state index is -0.608. The van der Waals surface area contributed by atoms with Crippen LogP contribution < -0.4 is 19.6 Å². The second-order valence-electron chi connectivity index (χ2n) is 7.29. The highest BCUT2D eigenvalue weighted by atomic mass is 79.9. The summed E-state index contributed by atoms with van der Waals surface area (Å²) in [5, 5.41) is 0.705. The second kappa shape index (κ2) is 10.3. The van der Waals surface area contributed by atoms with E-state index in [1.807, 2.05) is 60.7 Å². The number of carbonyl (C=O) groups is 1. The number of aromatic nitrogens is 1. The standard InChI is InChI=1S/C25H23BrN2O4S/c1-3-31-24(30)21-16(2)27-25-28(22(21)17-9-5-4-6-10-17)23(29)20(33-25)15-18-11-7-8-12-19(18)32-14-13-26/h4-12,15,22H,3,13-14H2,1-2H3/b20-15-/t22-/m0/s1. The first-order valence-corrected chi connectivity index (χ1v) is 12.5. The molecule has 8 heteroatoms. The van der Waals surface area contributed by atoms with E-state index in [9.17, 15) is 9.59 Å². The van der Waals surface area contributed by atoms with Crippen molar-refractivity contribution in [3.05, 3.63) is 96.7 Å². The summed E-state index contributed by atoms with van der Waals surface area (Å²) in [5.41, 5.74) is 2.35. The van der Waals surface area contributed by atoms with E-state index in [1.165, 1.54) is 11.3 Å². The fourth-order valence-electron chi connectivity index (χ4n) is 3.76. The van der Waals surface area contributed by atoms with Crippen molar-refractivity contribution in [2.75, 3.05) is 18.5 Å². The Labute approximate surface area is 203 Å². The number of esters is 1. The molecule has 1 aliphatic rings. The van der Waals surface area contributed by atoms with Gasteiger partial charge in [-0.1, -0.05) is 75.8 Å². The van der Waals surface area contributed by atoms with Gasteiger partial charge in [-0.3, -0.25) is 9.36 Å². The van der Waals surface area contributed by atoms with Gasteiger partial charge in [-0.15, -0.1) is 0 Å². The highest BCUT2D eigenvalue weighted by molar-refractivity contribution is 9.09. The van der Waals surface area contributed by atoms with Crippen molar-refractivity contribution >= 4 is 39.3 Å². The summed E-state index contributed by atoms with van der Waals surface area (Å²) in [5.74, 6) is 0.237. The van der Waals surface area contributed by atoms with E-state index in [4.69, 9.17) is 9.47 Å². The van der Waals surface area contributed by atoms with Gasteiger partial charge in [0.25, 0.3) is 5.56 Å². The first-order chi connectivity index (χ1) is 16.0. The van der Waals surface area contributed by atoms with Crippen molar-refractivity contribution < 1.29 is 14.3 Å². The van der Waals surface area contributed by atoms with Gasteiger partial charge in [0.2, 0.25) is 0 Å². The number of thiazole rings is 1. The van der Waals surface area contributed by atoms with Gasteiger partial charge in [0.05, 0.1) is 35.1 Å². The molecule has 0 spiro atoms. The topological polar surface area (TPSA) is 69.9 Å². The first-order valence-electron chi connectivity index (χ1n) is 10.6. The number of rotatable bonds is 7. The molecule has 1 aromatic heterocycles. The Hall–Kier alpha value is -2.97. The molecule has 0 saturated heterocycles. The number of fused-ring (bicyclic) bond motifs is 1. The van der Waals surface area contributed by atoms with Crippen LogP contribution in [-0.4, -0.2) is 29.1 Å². The SMILES string of the molecule is CCOC(=O)C1=C(C)N=c2s/c(=C\c3ccccc3OCCBr)c(=O)n2[C@H]1c1ccccc1. The van der Waals surface area contributed by atoms with Crippen molar-refractivity contribution in [2.45, 2.75) is 19.9 Å². The van der Waals surface area contributed by atoms with Crippen LogP contribution in [0.3, 0.4) is 0 Å². The molecule has 6 nitrogen and oxygen atoms in total. The third-order valence-corrected chi connectivity index (χ3v) is 6.48. The number of ether oxygens (including phenoxy) is 2. The molecule has 170 valence electrons. The fourth-order valence-corrected chi connectivity index (χ4v) is 4.96. The predicted molar refractivity (Wildman–Crippen MR) is 133 cm³/mol. The molecule has 1 aliphatic heterocycles. The lowest BCUT2D eigenvalue weighted by atomic mass is 9.96. The van der Waals surface area contributed by atoms with Crippen LogP contribution in [-0.2, 0) is 9.53 Å². The molecule has 0 radical (unpaired) electrons. The van der Waals surface area contributed by atoms with Gasteiger partial charge in [0, 0.05) is 10.9 Å². The molecule has 3 aromatic rings. The van der Waals surface area contributed by atoms with Crippen LogP contribution in [0.15, 0.2) is 75.7 Å². The summed E-state index contributed by atoms with van der Waals surface area (Å²) in [6, 6.07) is 16.5. The normalized spacial score (nSPS) is 15.7. The van der Waals surface area contributed by atoms with Gasteiger partial charge in [0.1, 0.15) is 5.75 Å². The van der Waals surface area contributed by atoms with E-state index >= 15 is 0 Å². The molecule has 4 rings (SSSR count). The Morgan fingerprint density at radius 3 is 2.64 bits per heavy atom. The summed E-state index contributed by atoms with van der Waals surface area (Å²) in [4.78, 5) is 31.6. The number of alkyl halides is 1. The van der Waals surface area contributed by atoms with Crippen LogP contribution in [0.5, 0.6) is 5.75 Å². The number of allylic oxidation sites excluding steroid dienone is 1. The summed E-state index contributed by atoms with van der Waals surface area (Å²) in [6.45, 7) is 4.30. The third-order valence-electron chi connectivity index (χ3n) is 5.17. The molecular weight excluding hydrogens is 504 g/mol. The van der Waals surface area contributed by atoms with Crippen LogP contribution in [0.2, 0.25) is 0 Å². The fraction of sp³-hybridized carbons (Fsp3) is 0.240. The van der Waals surface area contributed by atoms with Gasteiger partial charge in [0.15, 0.2) is 4.80 Å². The van der Waals surface area contributed by atoms with Crippen LogP contribution in [0.1, 0.15) is 31.0 Å². The Balaban J connectivity index is 1.91. The number of benzene rings is 2. The van der Waals surface area contributed by atoms with Gasteiger partial charge >= 0.3 is 5.97 Å². The summed E-state index contributed by atoms with van der Waals surface area (Å²) < 4.78 is 13.2. The van der Waals surface area contributed by atoms with Crippen LogP contribution >= 0.6 is 27.3 Å². The Kier molecular flexibility index (Phi) is 7.25. The minimum absolute atomic E-state index is 0.211. The number of halogens is 1. The average molecular weight is 527 g/mol. The number of hydrogen-bond acceptors (Lipinski definition) is 6. The molecule has 2 aromatic carbocycles. The quantitative estimate of drug-likeness (QED) is 0.348. The van der Waals surface area contributed by atoms with Crippen LogP contribution in [0.25, 0.3) is 6.08 Å². The van der Waals surface area contributed by atoms with E-state index in [0.717, 1.165) is 11.1 Å². The molecular formula is C25H23BrN2O4S. The van der Waals surface area contributed by atoms with E-state index in [1.54, 1.807) is 18.4 Å². The maximum absolute atomic E-state index is 13.6.